The van der Waals surface area contributed by atoms with E-state index in [9.17, 15) is 24.6 Å². The van der Waals surface area contributed by atoms with Crippen LogP contribution in [0.4, 0.5) is 0 Å². The lowest BCUT2D eigenvalue weighted by Crippen LogP contribution is -2.32. The molecule has 0 fully saturated rings. The van der Waals surface area contributed by atoms with Crippen LogP contribution in [0.2, 0.25) is 0 Å². The first-order valence-electron chi connectivity index (χ1n) is 18.5. The summed E-state index contributed by atoms with van der Waals surface area (Å²) in [6.07, 6.45) is 8.27. The van der Waals surface area contributed by atoms with Crippen molar-refractivity contribution in [2.24, 2.45) is 7.05 Å². The molecule has 13 heteroatoms. The average molecular weight is 774 g/mol. The first kappa shape index (κ1) is 41.0. The Morgan fingerprint density at radius 3 is 2.44 bits per heavy atom. The minimum absolute atomic E-state index is 0.0451. The number of fused-ring (bicyclic) bond motifs is 2. The predicted octanol–water partition coefficient (Wildman–Crippen LogP) is 7.62. The molecule has 3 N–H and O–H groups in total. The second-order valence-electron chi connectivity index (χ2n) is 13.7. The molecule has 0 saturated heterocycles. The number of carbonyl (C=O) groups is 3. The number of para-hydroxylation sites is 2. The number of amides is 1. The number of Topliss-reactive ketones (excluding diaryl/α,β-unsaturated/α-hetero) is 1. The monoisotopic (exact) mass is 773 g/mol. The highest BCUT2D eigenvalue weighted by atomic mass is 32.2. The van der Waals surface area contributed by atoms with Crippen LogP contribution in [-0.2, 0) is 21.4 Å². The highest BCUT2D eigenvalue weighted by Gasteiger charge is 2.33. The summed E-state index contributed by atoms with van der Waals surface area (Å²) in [5.74, 6) is -0.527. The molecule has 2 heterocycles. The molecule has 0 saturated carbocycles. The largest absolute Gasteiger partial charge is 0.507 e. The van der Waals surface area contributed by atoms with Crippen molar-refractivity contribution in [3.05, 3.63) is 76.6 Å². The number of hydrogen-bond acceptors (Lipinski definition) is 11. The van der Waals surface area contributed by atoms with Gasteiger partial charge in [0.2, 0.25) is 11.7 Å². The highest BCUT2D eigenvalue weighted by Crippen LogP contribution is 2.48. The van der Waals surface area contributed by atoms with Gasteiger partial charge in [-0.3, -0.25) is 9.59 Å². The van der Waals surface area contributed by atoms with Crippen molar-refractivity contribution in [2.45, 2.75) is 76.4 Å². The Labute approximate surface area is 326 Å². The molecule has 0 bridgehead atoms. The smallest absolute Gasteiger partial charge is 0.342 e. The summed E-state index contributed by atoms with van der Waals surface area (Å²) in [5, 5.41) is 27.1. The van der Waals surface area contributed by atoms with Crippen molar-refractivity contribution < 1.29 is 43.5 Å². The van der Waals surface area contributed by atoms with Gasteiger partial charge in [-0.2, -0.15) is 11.8 Å². The number of aryl methyl sites for hydroxylation is 1. The number of phenols is 2. The molecule has 1 amide bonds. The first-order valence-corrected chi connectivity index (χ1v) is 19.9. The van der Waals surface area contributed by atoms with E-state index in [0.717, 1.165) is 16.8 Å². The molecule has 1 aliphatic heterocycles. The molecular weight excluding hydrogens is 723 g/mol. The minimum atomic E-state index is -1.02. The standard InChI is InChI=1S/C42H51N3O9S/c1-25-13-12-16-28(46)15-9-7-8-14-26-21-33(47)38(39(49)37(26)42(50)54-25)29(27-22-34(51-3)40(53-5)35(23-27)52-4)24-36(48)43-31(19-20-55-6)41-44-30-17-10-11-18-32(30)45(41)2/h8,10-11,14,17-18,21-23,25,29,31,47,49H,7,9,12-13,15-16,19-20,24H2,1-6H3,(H,43,48)/b14-8+/t25-,29?,31-/m0/s1. The third-order valence-electron chi connectivity index (χ3n) is 9.96. The molecule has 12 nitrogen and oxygen atoms in total. The van der Waals surface area contributed by atoms with Crippen molar-refractivity contribution in [3.63, 3.8) is 0 Å². The lowest BCUT2D eigenvalue weighted by atomic mass is 9.84. The fourth-order valence-corrected chi connectivity index (χ4v) is 7.60. The predicted molar refractivity (Wildman–Crippen MR) is 214 cm³/mol. The summed E-state index contributed by atoms with van der Waals surface area (Å²) in [5.41, 5.74) is 2.24. The van der Waals surface area contributed by atoms with E-state index in [1.165, 1.54) is 27.4 Å². The molecule has 4 aromatic rings. The fourth-order valence-electron chi connectivity index (χ4n) is 7.12. The molecule has 3 aromatic carbocycles. The number of nitrogens with zero attached hydrogens (tertiary/aromatic N) is 2. The molecule has 294 valence electrons. The maximum Gasteiger partial charge on any atom is 0.342 e. The SMILES string of the molecule is COc1cc(C(CC(=O)N[C@@H](CCSC)c2nc3ccccc3n2C)c2c(O)cc3c(c2O)C(=O)O[C@@H](C)CCCC(=O)CCC/C=C/3)cc(OC)c1OC. The van der Waals surface area contributed by atoms with Crippen LogP contribution in [0.3, 0.4) is 0 Å². The van der Waals surface area contributed by atoms with Crippen LogP contribution in [0.1, 0.15) is 103 Å². The maximum atomic E-state index is 14.3. The second kappa shape index (κ2) is 18.9. The fraction of sp³-hybridized carbons (Fsp3) is 0.429. The van der Waals surface area contributed by atoms with Gasteiger partial charge in [0.05, 0.1) is 44.5 Å². The number of imidazole rings is 1. The van der Waals surface area contributed by atoms with Crippen LogP contribution in [0.15, 0.2) is 48.5 Å². The number of methoxy groups -OCH3 is 3. The number of ketones is 1. The molecular formula is C42H51N3O9S. The number of ether oxygens (including phenoxy) is 4. The van der Waals surface area contributed by atoms with Crippen LogP contribution in [0.25, 0.3) is 17.1 Å². The number of esters is 1. The number of rotatable bonds is 12. The van der Waals surface area contributed by atoms with Crippen LogP contribution in [-0.4, -0.2) is 76.9 Å². The third-order valence-corrected chi connectivity index (χ3v) is 10.6. The minimum Gasteiger partial charge on any atom is -0.507 e. The molecule has 1 aliphatic rings. The molecule has 1 aromatic heterocycles. The van der Waals surface area contributed by atoms with Gasteiger partial charge in [-0.05, 0) is 92.5 Å². The third kappa shape index (κ3) is 9.56. The van der Waals surface area contributed by atoms with Crippen molar-refractivity contribution >= 4 is 46.5 Å². The Bertz CT molecular complexity index is 2020. The number of thioether (sulfide) groups is 1. The van der Waals surface area contributed by atoms with E-state index in [1.807, 2.05) is 42.1 Å². The van der Waals surface area contributed by atoms with Gasteiger partial charge < -0.3 is 39.0 Å². The molecule has 0 aliphatic carbocycles. The van der Waals surface area contributed by atoms with Gasteiger partial charge in [0.25, 0.3) is 0 Å². The van der Waals surface area contributed by atoms with Crippen LogP contribution in [0, 0.1) is 0 Å². The number of allylic oxidation sites excluding steroid dienone is 1. The summed E-state index contributed by atoms with van der Waals surface area (Å²) in [6, 6.07) is 12.0. The van der Waals surface area contributed by atoms with Gasteiger partial charge in [0.1, 0.15) is 28.7 Å². The number of cyclic esters (lactones) is 1. The van der Waals surface area contributed by atoms with Crippen molar-refractivity contribution in [2.75, 3.05) is 33.3 Å². The maximum absolute atomic E-state index is 14.3. The van der Waals surface area contributed by atoms with E-state index in [-0.39, 0.29) is 40.6 Å². The first-order chi connectivity index (χ1) is 26.5. The molecule has 55 heavy (non-hydrogen) atoms. The Morgan fingerprint density at radius 2 is 1.76 bits per heavy atom. The summed E-state index contributed by atoms with van der Waals surface area (Å²) in [7, 11) is 6.33. The number of carbonyl (C=O) groups excluding carboxylic acids is 3. The van der Waals surface area contributed by atoms with Crippen molar-refractivity contribution in [1.82, 2.24) is 14.9 Å². The topological polar surface area (TPSA) is 158 Å². The lowest BCUT2D eigenvalue weighted by molar-refractivity contribution is -0.122. The molecule has 3 atom stereocenters. The van der Waals surface area contributed by atoms with Crippen molar-refractivity contribution in [3.8, 4) is 28.7 Å². The number of benzene rings is 3. The van der Waals surface area contributed by atoms with E-state index in [0.29, 0.717) is 73.6 Å². The normalized spacial score (nSPS) is 17.0. The second-order valence-corrected chi connectivity index (χ2v) is 14.7. The Kier molecular flexibility index (Phi) is 14.1. The van der Waals surface area contributed by atoms with E-state index < -0.39 is 29.8 Å². The van der Waals surface area contributed by atoms with E-state index in [1.54, 1.807) is 43.0 Å². The molecule has 0 radical (unpaired) electrons. The van der Waals surface area contributed by atoms with Gasteiger partial charge >= 0.3 is 5.97 Å². The number of aromatic hydroxyl groups is 2. The molecule has 5 rings (SSSR count). The summed E-state index contributed by atoms with van der Waals surface area (Å²) in [6.45, 7) is 1.74. The summed E-state index contributed by atoms with van der Waals surface area (Å²) in [4.78, 5) is 45.4. The van der Waals surface area contributed by atoms with Crippen molar-refractivity contribution in [1.29, 1.82) is 0 Å². The zero-order valence-electron chi connectivity index (χ0n) is 32.3. The van der Waals surface area contributed by atoms with E-state index in [2.05, 4.69) is 5.32 Å². The highest BCUT2D eigenvalue weighted by molar-refractivity contribution is 7.98. The van der Waals surface area contributed by atoms with Crippen LogP contribution >= 0.6 is 11.8 Å². The van der Waals surface area contributed by atoms with Gasteiger partial charge in [-0.15, -0.1) is 0 Å². The van der Waals surface area contributed by atoms with Crippen LogP contribution < -0.4 is 19.5 Å². The van der Waals surface area contributed by atoms with Crippen LogP contribution in [0.5, 0.6) is 28.7 Å². The van der Waals surface area contributed by atoms with Gasteiger partial charge in [-0.1, -0.05) is 24.3 Å². The molecule has 1 unspecified atom stereocenters. The number of hydrogen-bond donors (Lipinski definition) is 3. The van der Waals surface area contributed by atoms with Gasteiger partial charge in [0, 0.05) is 37.8 Å². The summed E-state index contributed by atoms with van der Waals surface area (Å²) < 4.78 is 24.7. The summed E-state index contributed by atoms with van der Waals surface area (Å²) >= 11 is 1.65. The molecule has 0 spiro atoms. The lowest BCUT2D eigenvalue weighted by Gasteiger charge is -2.25. The zero-order valence-corrected chi connectivity index (χ0v) is 33.2. The number of phenolic OH excluding ortho intramolecular Hbond substituents is 2. The Balaban J connectivity index is 1.63. The van der Waals surface area contributed by atoms with E-state index >= 15 is 0 Å². The Morgan fingerprint density at radius 1 is 1.05 bits per heavy atom. The van der Waals surface area contributed by atoms with Gasteiger partial charge in [0.15, 0.2) is 11.5 Å². The quantitative estimate of drug-likeness (QED) is 0.122. The average Bonchev–Trinajstić information content (AvgIpc) is 3.50. The Hall–Kier alpha value is -5.17. The zero-order chi connectivity index (χ0) is 39.6. The number of nitrogens with one attached hydrogen (secondary N) is 1. The number of aromatic nitrogens is 2. The van der Waals surface area contributed by atoms with E-state index in [4.69, 9.17) is 23.9 Å². The van der Waals surface area contributed by atoms with Gasteiger partial charge in [-0.25, -0.2) is 9.78 Å².